The molecule has 0 aromatic heterocycles. The van der Waals surface area contributed by atoms with Crippen LogP contribution in [0.5, 0.6) is 0 Å². The fourth-order valence-electron chi connectivity index (χ4n) is 1.60. The summed E-state index contributed by atoms with van der Waals surface area (Å²) in [5, 5.41) is 8.88. The summed E-state index contributed by atoms with van der Waals surface area (Å²) in [4.78, 5) is 12.1. The number of hydrogen-bond acceptors (Lipinski definition) is 3. The van der Waals surface area contributed by atoms with Crippen molar-refractivity contribution in [2.45, 2.75) is 43.5 Å². The second-order valence-corrected chi connectivity index (χ2v) is 5.93. The van der Waals surface area contributed by atoms with Crippen LogP contribution in [0.3, 0.4) is 0 Å². The first-order chi connectivity index (χ1) is 8.43. The summed E-state index contributed by atoms with van der Waals surface area (Å²) in [7, 11) is 0. The highest BCUT2D eigenvalue weighted by Crippen LogP contribution is 2.23. The van der Waals surface area contributed by atoms with Gasteiger partial charge in [-0.1, -0.05) is 24.6 Å². The third-order valence-electron chi connectivity index (χ3n) is 2.93. The number of carbonyl (C=O) groups is 1. The highest BCUT2D eigenvalue weighted by atomic mass is 32.2. The van der Waals surface area contributed by atoms with Crippen molar-refractivity contribution >= 4 is 17.7 Å². The van der Waals surface area contributed by atoms with Gasteiger partial charge >= 0.3 is 5.97 Å². The van der Waals surface area contributed by atoms with Gasteiger partial charge in [0.1, 0.15) is 5.54 Å². The van der Waals surface area contributed by atoms with Crippen LogP contribution in [0.4, 0.5) is 0 Å². The van der Waals surface area contributed by atoms with Crippen LogP contribution in [-0.4, -0.2) is 22.4 Å². The van der Waals surface area contributed by atoms with E-state index in [0.29, 0.717) is 6.42 Å². The standard InChI is InChI=1S/C14H21NO2S/c1-11-7-3-4-8-12(11)18-10-6-5-9-14(2,15)13(16)17/h3-4,7-8H,5-6,9-10,15H2,1-2H3,(H,16,17). The Bertz CT molecular complexity index is 405. The van der Waals surface area contributed by atoms with Crippen molar-refractivity contribution in [1.82, 2.24) is 0 Å². The topological polar surface area (TPSA) is 63.3 Å². The SMILES string of the molecule is Cc1ccccc1SCCCCC(C)(N)C(=O)O. The largest absolute Gasteiger partial charge is 0.480 e. The Balaban J connectivity index is 2.24. The molecule has 1 aromatic carbocycles. The molecule has 0 aliphatic heterocycles. The van der Waals surface area contributed by atoms with Crippen molar-refractivity contribution in [2.75, 3.05) is 5.75 Å². The summed E-state index contributed by atoms with van der Waals surface area (Å²) in [5.74, 6) is 0.0784. The molecule has 1 aromatic rings. The number of nitrogens with two attached hydrogens (primary N) is 1. The average Bonchev–Trinajstić information content (AvgIpc) is 2.30. The van der Waals surface area contributed by atoms with Crippen LogP contribution < -0.4 is 5.73 Å². The minimum absolute atomic E-state index is 0.524. The first-order valence-electron chi connectivity index (χ1n) is 6.14. The van der Waals surface area contributed by atoms with E-state index in [0.717, 1.165) is 18.6 Å². The number of thioether (sulfide) groups is 1. The van der Waals surface area contributed by atoms with Crippen molar-refractivity contribution in [1.29, 1.82) is 0 Å². The number of carboxylic acid groups (broad SMARTS) is 1. The van der Waals surface area contributed by atoms with Crippen molar-refractivity contribution < 1.29 is 9.90 Å². The summed E-state index contributed by atoms with van der Waals surface area (Å²) >= 11 is 1.82. The maximum Gasteiger partial charge on any atom is 0.323 e. The van der Waals surface area contributed by atoms with Gasteiger partial charge in [0.25, 0.3) is 0 Å². The summed E-state index contributed by atoms with van der Waals surface area (Å²) in [6.07, 6.45) is 2.36. The van der Waals surface area contributed by atoms with E-state index in [9.17, 15) is 4.79 Å². The quantitative estimate of drug-likeness (QED) is 0.588. The Hall–Kier alpha value is -1.00. The third kappa shape index (κ3) is 4.70. The molecule has 1 rings (SSSR count). The molecule has 0 aliphatic rings. The summed E-state index contributed by atoms with van der Waals surface area (Å²) in [6, 6.07) is 8.29. The number of benzene rings is 1. The Labute approximate surface area is 113 Å². The van der Waals surface area contributed by atoms with Gasteiger partial charge in [-0.05, 0) is 44.1 Å². The van der Waals surface area contributed by atoms with Gasteiger partial charge in [0.15, 0.2) is 0 Å². The molecule has 3 nitrogen and oxygen atoms in total. The molecule has 1 unspecified atom stereocenters. The fourth-order valence-corrected chi connectivity index (χ4v) is 2.64. The molecule has 100 valence electrons. The molecule has 0 spiro atoms. The number of carboxylic acids is 1. The van der Waals surface area contributed by atoms with Gasteiger partial charge in [-0.15, -0.1) is 11.8 Å². The van der Waals surface area contributed by atoms with Gasteiger partial charge in [0.05, 0.1) is 0 Å². The first-order valence-corrected chi connectivity index (χ1v) is 7.13. The molecule has 4 heteroatoms. The highest BCUT2D eigenvalue weighted by Gasteiger charge is 2.26. The molecule has 0 bridgehead atoms. The third-order valence-corrected chi connectivity index (χ3v) is 4.19. The monoisotopic (exact) mass is 267 g/mol. The Kier molecular flexibility index (Phi) is 5.69. The number of unbranched alkanes of at least 4 members (excludes halogenated alkanes) is 1. The summed E-state index contributed by atoms with van der Waals surface area (Å²) in [5.41, 5.74) is 5.87. The molecule has 0 aliphatic carbocycles. The van der Waals surface area contributed by atoms with Crippen LogP contribution in [0, 0.1) is 6.92 Å². The van der Waals surface area contributed by atoms with Crippen LogP contribution in [0.25, 0.3) is 0 Å². The highest BCUT2D eigenvalue weighted by molar-refractivity contribution is 7.99. The lowest BCUT2D eigenvalue weighted by atomic mass is 9.97. The number of aryl methyl sites for hydroxylation is 1. The number of rotatable bonds is 7. The van der Waals surface area contributed by atoms with Crippen molar-refractivity contribution in [3.8, 4) is 0 Å². The van der Waals surface area contributed by atoms with E-state index >= 15 is 0 Å². The zero-order valence-corrected chi connectivity index (χ0v) is 11.8. The Morgan fingerprint density at radius 1 is 1.39 bits per heavy atom. The van der Waals surface area contributed by atoms with Crippen LogP contribution in [0.1, 0.15) is 31.7 Å². The molecule has 0 saturated carbocycles. The summed E-state index contributed by atoms with van der Waals surface area (Å²) in [6.45, 7) is 3.67. The molecular formula is C14H21NO2S. The van der Waals surface area contributed by atoms with Gasteiger partial charge in [0.2, 0.25) is 0 Å². The number of aliphatic carboxylic acids is 1. The maximum absolute atomic E-state index is 10.8. The first kappa shape index (κ1) is 15.1. The lowest BCUT2D eigenvalue weighted by Gasteiger charge is -2.18. The molecular weight excluding hydrogens is 246 g/mol. The molecule has 0 amide bonds. The predicted molar refractivity (Wildman–Crippen MR) is 76.0 cm³/mol. The number of hydrogen-bond donors (Lipinski definition) is 2. The van der Waals surface area contributed by atoms with Crippen LogP contribution in [0.2, 0.25) is 0 Å². The molecule has 0 heterocycles. The molecule has 0 saturated heterocycles. The maximum atomic E-state index is 10.8. The van der Waals surface area contributed by atoms with Crippen molar-refractivity contribution in [3.05, 3.63) is 29.8 Å². The molecule has 18 heavy (non-hydrogen) atoms. The zero-order valence-electron chi connectivity index (χ0n) is 11.0. The average molecular weight is 267 g/mol. The Morgan fingerprint density at radius 3 is 2.67 bits per heavy atom. The van der Waals surface area contributed by atoms with Crippen molar-refractivity contribution in [2.24, 2.45) is 5.73 Å². The lowest BCUT2D eigenvalue weighted by Crippen LogP contribution is -2.44. The molecule has 3 N–H and O–H groups in total. The second-order valence-electron chi connectivity index (χ2n) is 4.79. The fraction of sp³-hybridized carbons (Fsp3) is 0.500. The van der Waals surface area contributed by atoms with E-state index in [1.165, 1.54) is 10.5 Å². The van der Waals surface area contributed by atoms with Gasteiger partial charge < -0.3 is 10.8 Å². The van der Waals surface area contributed by atoms with Gasteiger partial charge in [0, 0.05) is 4.90 Å². The van der Waals surface area contributed by atoms with Crippen LogP contribution >= 0.6 is 11.8 Å². The van der Waals surface area contributed by atoms with Crippen LogP contribution in [0.15, 0.2) is 29.2 Å². The van der Waals surface area contributed by atoms with Crippen LogP contribution in [-0.2, 0) is 4.79 Å². The molecule has 0 radical (unpaired) electrons. The lowest BCUT2D eigenvalue weighted by molar-refractivity contribution is -0.142. The zero-order chi connectivity index (χ0) is 13.6. The van der Waals surface area contributed by atoms with E-state index in [-0.39, 0.29) is 0 Å². The van der Waals surface area contributed by atoms with E-state index in [1.54, 1.807) is 6.92 Å². The second kappa shape index (κ2) is 6.81. The normalized spacial score (nSPS) is 14.2. The van der Waals surface area contributed by atoms with E-state index in [2.05, 4.69) is 19.1 Å². The smallest absolute Gasteiger partial charge is 0.323 e. The Morgan fingerprint density at radius 2 is 2.06 bits per heavy atom. The predicted octanol–water partition coefficient (Wildman–Crippen LogP) is 3.06. The minimum atomic E-state index is -1.09. The van der Waals surface area contributed by atoms with Gasteiger partial charge in [-0.3, -0.25) is 4.79 Å². The van der Waals surface area contributed by atoms with Crippen molar-refractivity contribution in [3.63, 3.8) is 0 Å². The van der Waals surface area contributed by atoms with E-state index in [4.69, 9.17) is 10.8 Å². The van der Waals surface area contributed by atoms with Gasteiger partial charge in [-0.25, -0.2) is 0 Å². The molecule has 0 fully saturated rings. The van der Waals surface area contributed by atoms with Gasteiger partial charge in [-0.2, -0.15) is 0 Å². The van der Waals surface area contributed by atoms with E-state index < -0.39 is 11.5 Å². The molecule has 1 atom stereocenters. The van der Waals surface area contributed by atoms with E-state index in [1.807, 2.05) is 23.9 Å². The minimum Gasteiger partial charge on any atom is -0.480 e. The summed E-state index contributed by atoms with van der Waals surface area (Å²) < 4.78 is 0.